The van der Waals surface area contributed by atoms with Crippen LogP contribution in [0.5, 0.6) is 0 Å². The first kappa shape index (κ1) is 21.3. The summed E-state index contributed by atoms with van der Waals surface area (Å²) in [6.07, 6.45) is 0.406. The number of halogens is 5. The highest BCUT2D eigenvalue weighted by molar-refractivity contribution is 6.35. The van der Waals surface area contributed by atoms with Gasteiger partial charge in [0.15, 0.2) is 0 Å². The molecular formula is C19H17Cl2F3N2O. The SMILES string of the molecule is C=c1c(/C=C/CO)nn(Cc2ccc(Cl)cc2Cl)/c1=C/C(=C\C)C(F)(F)F. The first-order valence-electron chi connectivity index (χ1n) is 7.89. The van der Waals surface area contributed by atoms with Crippen LogP contribution in [0.4, 0.5) is 13.2 Å². The van der Waals surface area contributed by atoms with Crippen molar-refractivity contribution in [2.45, 2.75) is 19.6 Å². The summed E-state index contributed by atoms with van der Waals surface area (Å²) in [5, 5.41) is 14.6. The highest BCUT2D eigenvalue weighted by Crippen LogP contribution is 2.26. The predicted molar refractivity (Wildman–Crippen MR) is 103 cm³/mol. The average Bonchev–Trinajstić information content (AvgIpc) is 2.87. The van der Waals surface area contributed by atoms with Crippen LogP contribution in [-0.2, 0) is 6.54 Å². The Morgan fingerprint density at radius 2 is 2.04 bits per heavy atom. The molecule has 2 aromatic rings. The van der Waals surface area contributed by atoms with Crippen LogP contribution >= 0.6 is 23.2 Å². The van der Waals surface area contributed by atoms with E-state index in [4.69, 9.17) is 28.3 Å². The monoisotopic (exact) mass is 416 g/mol. The second kappa shape index (κ2) is 8.78. The largest absolute Gasteiger partial charge is 0.416 e. The standard InChI is InChI=1S/C19H17Cl2F3N2O/c1-3-14(19(22,23)24)9-18-12(2)17(5-4-8-27)25-26(18)11-13-6-7-15(20)10-16(13)21/h3-7,9-10,27H,2,8,11H2,1H3/b5-4+,14-3+,18-9+. The topological polar surface area (TPSA) is 38.1 Å². The Hall–Kier alpha value is -2.02. The molecule has 0 saturated carbocycles. The lowest BCUT2D eigenvalue weighted by molar-refractivity contribution is -0.0867. The smallest absolute Gasteiger partial charge is 0.392 e. The lowest BCUT2D eigenvalue weighted by Crippen LogP contribution is -2.31. The number of hydrogen-bond acceptors (Lipinski definition) is 2. The van der Waals surface area contributed by atoms with Gasteiger partial charge in [0.25, 0.3) is 0 Å². The van der Waals surface area contributed by atoms with Crippen molar-refractivity contribution in [1.82, 2.24) is 9.78 Å². The van der Waals surface area contributed by atoms with Gasteiger partial charge in [-0.25, -0.2) is 0 Å². The fourth-order valence-corrected chi connectivity index (χ4v) is 2.87. The molecule has 0 amide bonds. The van der Waals surface area contributed by atoms with Crippen molar-refractivity contribution in [2.24, 2.45) is 0 Å². The zero-order valence-corrected chi connectivity index (χ0v) is 15.9. The lowest BCUT2D eigenvalue weighted by Gasteiger charge is -2.08. The molecule has 1 N–H and O–H groups in total. The molecule has 0 bridgehead atoms. The molecule has 3 nitrogen and oxygen atoms in total. The first-order chi connectivity index (χ1) is 12.7. The molecule has 8 heteroatoms. The summed E-state index contributed by atoms with van der Waals surface area (Å²) in [4.78, 5) is 0. The third-order valence-electron chi connectivity index (χ3n) is 3.77. The summed E-state index contributed by atoms with van der Waals surface area (Å²) in [7, 11) is 0. The second-order valence-corrected chi connectivity index (χ2v) is 6.46. The second-order valence-electron chi connectivity index (χ2n) is 5.61. The summed E-state index contributed by atoms with van der Waals surface area (Å²) < 4.78 is 40.9. The number of allylic oxidation sites excluding steroid dienone is 2. The van der Waals surface area contributed by atoms with Gasteiger partial charge in [-0.3, -0.25) is 4.68 Å². The maximum atomic E-state index is 13.2. The van der Waals surface area contributed by atoms with Crippen LogP contribution in [0.3, 0.4) is 0 Å². The summed E-state index contributed by atoms with van der Waals surface area (Å²) in [5.41, 5.74) is 0.191. The van der Waals surface area contributed by atoms with Crippen LogP contribution in [0.1, 0.15) is 18.2 Å². The zero-order valence-electron chi connectivity index (χ0n) is 14.4. The van der Waals surface area contributed by atoms with E-state index in [9.17, 15) is 13.2 Å². The summed E-state index contributed by atoms with van der Waals surface area (Å²) >= 11 is 12.1. The van der Waals surface area contributed by atoms with Gasteiger partial charge in [0.1, 0.15) is 0 Å². The highest BCUT2D eigenvalue weighted by Gasteiger charge is 2.31. The quantitative estimate of drug-likeness (QED) is 0.801. The molecule has 0 aliphatic rings. The van der Waals surface area contributed by atoms with Gasteiger partial charge in [-0.1, -0.05) is 48.0 Å². The Morgan fingerprint density at radius 3 is 2.59 bits per heavy atom. The molecule has 0 unspecified atom stereocenters. The van der Waals surface area contributed by atoms with Crippen LogP contribution in [0.25, 0.3) is 18.7 Å². The van der Waals surface area contributed by atoms with Crippen LogP contribution in [-0.4, -0.2) is 27.7 Å². The molecule has 0 aliphatic heterocycles. The lowest BCUT2D eigenvalue weighted by atomic mass is 10.2. The molecule has 1 aromatic heterocycles. The fourth-order valence-electron chi connectivity index (χ4n) is 2.40. The molecule has 0 saturated heterocycles. The van der Waals surface area contributed by atoms with Crippen LogP contribution < -0.4 is 10.6 Å². The van der Waals surface area contributed by atoms with E-state index in [-0.39, 0.29) is 18.5 Å². The Morgan fingerprint density at radius 1 is 1.33 bits per heavy atom. The normalized spacial score (nSPS) is 13.7. The molecule has 0 spiro atoms. The summed E-state index contributed by atoms with van der Waals surface area (Å²) in [6.45, 7) is 5.06. The van der Waals surface area contributed by atoms with E-state index >= 15 is 0 Å². The summed E-state index contributed by atoms with van der Waals surface area (Å²) in [6, 6.07) is 4.87. The van der Waals surface area contributed by atoms with Gasteiger partial charge < -0.3 is 5.11 Å². The number of hydrogen-bond donors (Lipinski definition) is 1. The Bertz CT molecular complexity index is 992. The molecule has 0 fully saturated rings. The number of aromatic nitrogens is 2. The molecule has 0 radical (unpaired) electrons. The number of aliphatic hydroxyl groups excluding tert-OH is 1. The number of aliphatic hydroxyl groups is 1. The van der Waals surface area contributed by atoms with E-state index in [1.54, 1.807) is 18.2 Å². The fraction of sp³-hybridized carbons (Fsp3) is 0.211. The van der Waals surface area contributed by atoms with Crippen LogP contribution in [0.15, 0.2) is 35.9 Å². The van der Waals surface area contributed by atoms with E-state index < -0.39 is 11.7 Å². The first-order valence-corrected chi connectivity index (χ1v) is 8.65. The van der Waals surface area contributed by atoms with Crippen molar-refractivity contribution in [1.29, 1.82) is 0 Å². The van der Waals surface area contributed by atoms with Gasteiger partial charge in [-0.05, 0) is 36.8 Å². The van der Waals surface area contributed by atoms with Crippen molar-refractivity contribution in [3.05, 3.63) is 67.8 Å². The molecule has 1 aromatic carbocycles. The zero-order chi connectivity index (χ0) is 20.2. The minimum atomic E-state index is -4.50. The number of benzene rings is 1. The van der Waals surface area contributed by atoms with E-state index in [2.05, 4.69) is 11.7 Å². The maximum Gasteiger partial charge on any atom is 0.416 e. The van der Waals surface area contributed by atoms with Crippen LogP contribution in [0.2, 0.25) is 10.0 Å². The van der Waals surface area contributed by atoms with Gasteiger partial charge in [0.2, 0.25) is 0 Å². The molecule has 1 heterocycles. The molecule has 27 heavy (non-hydrogen) atoms. The maximum absolute atomic E-state index is 13.2. The van der Waals surface area contributed by atoms with E-state index in [0.717, 1.165) is 12.2 Å². The van der Waals surface area contributed by atoms with Gasteiger partial charge in [0, 0.05) is 15.3 Å². The van der Waals surface area contributed by atoms with Gasteiger partial charge in [0.05, 0.1) is 29.8 Å². The molecule has 144 valence electrons. The highest BCUT2D eigenvalue weighted by atomic mass is 35.5. The number of rotatable bonds is 5. The van der Waals surface area contributed by atoms with Crippen molar-refractivity contribution < 1.29 is 18.3 Å². The minimum Gasteiger partial charge on any atom is -0.392 e. The van der Waals surface area contributed by atoms with Gasteiger partial charge >= 0.3 is 6.18 Å². The van der Waals surface area contributed by atoms with Gasteiger partial charge in [-0.15, -0.1) is 0 Å². The van der Waals surface area contributed by atoms with E-state index in [1.807, 2.05) is 0 Å². The van der Waals surface area contributed by atoms with Crippen molar-refractivity contribution in [3.8, 4) is 0 Å². The minimum absolute atomic E-state index is 0.131. The molecular weight excluding hydrogens is 400 g/mol. The van der Waals surface area contributed by atoms with Gasteiger partial charge in [-0.2, -0.15) is 18.3 Å². The Balaban J connectivity index is 2.65. The Kier molecular flexibility index (Phi) is 6.92. The van der Waals surface area contributed by atoms with Crippen LogP contribution in [0, 0.1) is 0 Å². The third-order valence-corrected chi connectivity index (χ3v) is 4.36. The summed E-state index contributed by atoms with van der Waals surface area (Å²) in [5.74, 6) is 0. The van der Waals surface area contributed by atoms with Crippen molar-refractivity contribution >= 4 is 41.9 Å². The number of nitrogens with zero attached hydrogens (tertiary/aromatic N) is 2. The average molecular weight is 417 g/mol. The van der Waals surface area contributed by atoms with Crippen molar-refractivity contribution in [3.63, 3.8) is 0 Å². The molecule has 2 rings (SSSR count). The molecule has 0 aliphatic carbocycles. The van der Waals surface area contributed by atoms with E-state index in [0.29, 0.717) is 26.5 Å². The van der Waals surface area contributed by atoms with Crippen molar-refractivity contribution in [2.75, 3.05) is 6.61 Å². The molecule has 0 atom stereocenters. The third kappa shape index (κ3) is 5.25. The number of alkyl halides is 3. The predicted octanol–water partition coefficient (Wildman–Crippen LogP) is 3.94. The van der Waals surface area contributed by atoms with E-state index in [1.165, 1.54) is 23.8 Å². The Labute approximate surface area is 164 Å².